The maximum Gasteiger partial charge on any atom is 0.408 e. The Kier molecular flexibility index (Phi) is 5.40. The number of ether oxygens (including phenoxy) is 2. The Morgan fingerprint density at radius 2 is 1.88 bits per heavy atom. The van der Waals surface area contributed by atoms with Gasteiger partial charge in [-0.2, -0.15) is 0 Å². The molecule has 0 radical (unpaired) electrons. The summed E-state index contributed by atoms with van der Waals surface area (Å²) in [5, 5.41) is 2.68. The molecule has 0 aromatic carbocycles. The molecule has 0 spiro atoms. The van der Waals surface area contributed by atoms with Crippen LogP contribution in [0, 0.1) is 5.92 Å². The van der Waals surface area contributed by atoms with Crippen LogP contribution < -0.4 is 5.32 Å². The maximum atomic E-state index is 13.0. The molecule has 1 N–H and O–H groups in total. The van der Waals surface area contributed by atoms with Crippen molar-refractivity contribution in [3.8, 4) is 0 Å². The van der Waals surface area contributed by atoms with E-state index in [-0.39, 0.29) is 17.9 Å². The van der Waals surface area contributed by atoms with Crippen LogP contribution in [-0.2, 0) is 19.1 Å². The summed E-state index contributed by atoms with van der Waals surface area (Å²) in [6.45, 7) is 7.38. The monoisotopic (exact) mass is 340 g/mol. The zero-order valence-electron chi connectivity index (χ0n) is 15.1. The molecule has 136 valence electrons. The zero-order chi connectivity index (χ0) is 18.1. The van der Waals surface area contributed by atoms with Gasteiger partial charge in [-0.05, 0) is 52.4 Å². The van der Waals surface area contributed by atoms with Gasteiger partial charge in [0.1, 0.15) is 17.7 Å². The minimum atomic E-state index is -0.676. The molecule has 2 aliphatic rings. The Hall–Kier alpha value is -1.79. The number of carbonyl (C=O) groups is 3. The molecular weight excluding hydrogens is 312 g/mol. The summed E-state index contributed by atoms with van der Waals surface area (Å²) in [5.74, 6) is -0.347. The first-order valence-electron chi connectivity index (χ1n) is 8.52. The van der Waals surface area contributed by atoms with Crippen LogP contribution in [0.3, 0.4) is 0 Å². The fourth-order valence-electron chi connectivity index (χ4n) is 3.63. The molecule has 7 nitrogen and oxygen atoms in total. The largest absolute Gasteiger partial charge is 0.467 e. The molecule has 4 atom stereocenters. The molecule has 0 unspecified atom stereocenters. The van der Waals surface area contributed by atoms with Crippen molar-refractivity contribution >= 4 is 18.0 Å². The number of esters is 1. The average Bonchev–Trinajstić information content (AvgIpc) is 2.81. The van der Waals surface area contributed by atoms with Gasteiger partial charge < -0.3 is 19.7 Å². The van der Waals surface area contributed by atoms with Gasteiger partial charge in [-0.25, -0.2) is 9.59 Å². The van der Waals surface area contributed by atoms with Gasteiger partial charge in [0.15, 0.2) is 0 Å². The highest BCUT2D eigenvalue weighted by Crippen LogP contribution is 2.34. The van der Waals surface area contributed by atoms with Crippen molar-refractivity contribution in [3.05, 3.63) is 0 Å². The minimum Gasteiger partial charge on any atom is -0.467 e. The Bertz CT molecular complexity index is 514. The molecule has 0 bridgehead atoms. The summed E-state index contributed by atoms with van der Waals surface area (Å²) < 4.78 is 10.1. The van der Waals surface area contributed by atoms with Crippen molar-refractivity contribution in [2.45, 2.75) is 77.1 Å². The number of fused-ring (bicyclic) bond motifs is 1. The summed E-state index contributed by atoms with van der Waals surface area (Å²) in [7, 11) is 1.33. The van der Waals surface area contributed by atoms with Gasteiger partial charge in [0.2, 0.25) is 5.91 Å². The molecule has 0 aliphatic carbocycles. The molecule has 0 aromatic heterocycles. The SMILES string of the molecule is COC(=O)[C@@H]1CC[C@@H]2C[C@@H](C)C[C@H](NC(=O)OC(C)(C)C)C(=O)N21. The quantitative estimate of drug-likeness (QED) is 0.775. The van der Waals surface area contributed by atoms with Crippen LogP contribution in [0.4, 0.5) is 4.79 Å². The third-order valence-corrected chi connectivity index (χ3v) is 4.53. The van der Waals surface area contributed by atoms with Crippen LogP contribution in [0.25, 0.3) is 0 Å². The summed E-state index contributed by atoms with van der Waals surface area (Å²) in [5.41, 5.74) is -0.631. The van der Waals surface area contributed by atoms with Crippen LogP contribution >= 0.6 is 0 Å². The lowest BCUT2D eigenvalue weighted by Gasteiger charge is -2.30. The number of amides is 2. The number of hydrogen-bond acceptors (Lipinski definition) is 5. The normalized spacial score (nSPS) is 30.4. The van der Waals surface area contributed by atoms with E-state index in [1.807, 2.05) is 0 Å². The van der Waals surface area contributed by atoms with Gasteiger partial charge in [-0.3, -0.25) is 4.79 Å². The van der Waals surface area contributed by atoms with Crippen molar-refractivity contribution in [3.63, 3.8) is 0 Å². The fraction of sp³-hybridized carbons (Fsp3) is 0.824. The lowest BCUT2D eigenvalue weighted by molar-refractivity contribution is -0.152. The molecule has 2 fully saturated rings. The first-order chi connectivity index (χ1) is 11.1. The average molecular weight is 340 g/mol. The van der Waals surface area contributed by atoms with E-state index in [0.717, 1.165) is 12.8 Å². The number of rotatable bonds is 2. The first kappa shape index (κ1) is 18.5. The van der Waals surface area contributed by atoms with Gasteiger partial charge >= 0.3 is 12.1 Å². The van der Waals surface area contributed by atoms with Gasteiger partial charge in [-0.1, -0.05) is 6.92 Å². The van der Waals surface area contributed by atoms with Crippen LogP contribution in [0.2, 0.25) is 0 Å². The van der Waals surface area contributed by atoms with Crippen molar-refractivity contribution < 1.29 is 23.9 Å². The minimum absolute atomic E-state index is 0.0297. The van der Waals surface area contributed by atoms with E-state index in [1.165, 1.54) is 7.11 Å². The standard InChI is InChI=1S/C17H28N2O5/c1-10-8-11-6-7-13(15(21)23-5)19(11)14(20)12(9-10)18-16(22)24-17(2,3)4/h10-13H,6-9H2,1-5H3,(H,18,22)/t10-,11-,12+,13+/m1/s1. The highest BCUT2D eigenvalue weighted by molar-refractivity contribution is 5.90. The highest BCUT2D eigenvalue weighted by Gasteiger charge is 2.46. The lowest BCUT2D eigenvalue weighted by Crippen LogP contribution is -2.53. The van der Waals surface area contributed by atoms with E-state index in [9.17, 15) is 14.4 Å². The predicted octanol–water partition coefficient (Wildman–Crippen LogP) is 1.84. The first-order valence-corrected chi connectivity index (χ1v) is 8.52. The molecule has 2 rings (SSSR count). The van der Waals surface area contributed by atoms with E-state index in [0.29, 0.717) is 12.8 Å². The number of hydrogen-bond donors (Lipinski definition) is 1. The maximum absolute atomic E-state index is 13.0. The van der Waals surface area contributed by atoms with Gasteiger partial charge in [-0.15, -0.1) is 0 Å². The molecule has 24 heavy (non-hydrogen) atoms. The third kappa shape index (κ3) is 4.19. The van der Waals surface area contributed by atoms with Crippen LogP contribution in [0.5, 0.6) is 0 Å². The molecule has 2 amide bonds. The molecule has 0 saturated carbocycles. The molecule has 2 aliphatic heterocycles. The number of nitrogens with zero attached hydrogens (tertiary/aromatic N) is 1. The van der Waals surface area contributed by atoms with Gasteiger partial charge in [0.05, 0.1) is 7.11 Å². The summed E-state index contributed by atoms with van der Waals surface area (Å²) in [6.07, 6.45) is 2.15. The van der Waals surface area contributed by atoms with Crippen LogP contribution in [-0.4, -0.2) is 53.7 Å². The summed E-state index contributed by atoms with van der Waals surface area (Å²) in [4.78, 5) is 38.6. The molecule has 7 heteroatoms. The molecular formula is C17H28N2O5. The summed E-state index contributed by atoms with van der Waals surface area (Å²) in [6, 6.07) is -1.20. The second-order valence-corrected chi connectivity index (χ2v) is 7.79. The van der Waals surface area contributed by atoms with Crippen molar-refractivity contribution in [2.24, 2.45) is 5.92 Å². The van der Waals surface area contributed by atoms with Crippen LogP contribution in [0.15, 0.2) is 0 Å². The Morgan fingerprint density at radius 1 is 1.21 bits per heavy atom. The fourth-order valence-corrected chi connectivity index (χ4v) is 3.63. The number of nitrogens with one attached hydrogen (secondary N) is 1. The molecule has 0 aromatic rings. The Labute approximate surface area is 143 Å². The van der Waals surface area contributed by atoms with E-state index >= 15 is 0 Å². The summed E-state index contributed by atoms with van der Waals surface area (Å²) >= 11 is 0. The number of alkyl carbamates (subject to hydrolysis) is 1. The van der Waals surface area contributed by atoms with Crippen molar-refractivity contribution in [2.75, 3.05) is 7.11 Å². The Morgan fingerprint density at radius 3 is 2.46 bits per heavy atom. The highest BCUT2D eigenvalue weighted by atomic mass is 16.6. The van der Waals surface area contributed by atoms with E-state index in [4.69, 9.17) is 9.47 Å². The van der Waals surface area contributed by atoms with Gasteiger partial charge in [0, 0.05) is 6.04 Å². The molecule has 2 heterocycles. The van der Waals surface area contributed by atoms with E-state index in [1.54, 1.807) is 25.7 Å². The predicted molar refractivity (Wildman–Crippen MR) is 87.2 cm³/mol. The smallest absolute Gasteiger partial charge is 0.408 e. The third-order valence-electron chi connectivity index (χ3n) is 4.53. The van der Waals surface area contributed by atoms with E-state index in [2.05, 4.69) is 12.2 Å². The van der Waals surface area contributed by atoms with Crippen molar-refractivity contribution in [1.29, 1.82) is 0 Å². The Balaban J connectivity index is 2.16. The number of methoxy groups -OCH3 is 1. The van der Waals surface area contributed by atoms with E-state index < -0.39 is 29.7 Å². The zero-order valence-corrected chi connectivity index (χ0v) is 15.1. The molecule has 2 saturated heterocycles. The van der Waals surface area contributed by atoms with Crippen molar-refractivity contribution in [1.82, 2.24) is 10.2 Å². The second kappa shape index (κ2) is 6.99. The second-order valence-electron chi connectivity index (χ2n) is 7.79. The number of carbonyl (C=O) groups excluding carboxylic acids is 3. The van der Waals surface area contributed by atoms with Crippen LogP contribution in [0.1, 0.15) is 53.4 Å². The lowest BCUT2D eigenvalue weighted by atomic mass is 9.96. The van der Waals surface area contributed by atoms with Gasteiger partial charge in [0.25, 0.3) is 0 Å². The topological polar surface area (TPSA) is 84.9 Å².